The van der Waals surface area contributed by atoms with Gasteiger partial charge >= 0.3 is 5.97 Å². The normalized spacial score (nSPS) is 15.9. The van der Waals surface area contributed by atoms with Gasteiger partial charge in [-0.25, -0.2) is 0 Å². The van der Waals surface area contributed by atoms with Crippen LogP contribution in [0.2, 0.25) is 0 Å². The van der Waals surface area contributed by atoms with E-state index < -0.39 is 5.97 Å². The third-order valence-corrected chi connectivity index (χ3v) is 2.38. The number of carbonyl (C=O) groups is 1. The number of carboxylic acid groups (broad SMARTS) is 1. The van der Waals surface area contributed by atoms with Crippen LogP contribution in [-0.2, 0) is 4.79 Å². The maximum Gasteiger partial charge on any atom is 0.306 e. The van der Waals surface area contributed by atoms with Gasteiger partial charge in [-0.1, -0.05) is 36.4 Å². The van der Waals surface area contributed by atoms with E-state index in [1.54, 1.807) is 0 Å². The van der Waals surface area contributed by atoms with Gasteiger partial charge in [0.15, 0.2) is 0 Å². The van der Waals surface area contributed by atoms with Crippen molar-refractivity contribution in [2.24, 2.45) is 5.92 Å². The Morgan fingerprint density at radius 1 is 1.55 bits per heavy atom. The maximum atomic E-state index is 10.5. The molecule has 0 aromatic rings. The number of hydrogen-bond acceptors (Lipinski definition) is 1. The van der Waals surface area contributed by atoms with Crippen molar-refractivity contribution in [3.8, 4) is 0 Å². The lowest BCUT2D eigenvalue weighted by Crippen LogP contribution is -2.13. The fourth-order valence-corrected chi connectivity index (χ4v) is 1.29. The Labute approximate surface area is 81.5 Å². The molecule has 0 radical (unpaired) electrons. The van der Waals surface area contributed by atoms with E-state index in [1.807, 2.05) is 6.92 Å². The maximum absolute atomic E-state index is 10.5. The Morgan fingerprint density at radius 2 is 2.09 bits per heavy atom. The topological polar surface area (TPSA) is 37.3 Å². The highest BCUT2D eigenvalue weighted by Crippen LogP contribution is 2.16. The second-order valence-electron chi connectivity index (χ2n) is 2.80. The third kappa shape index (κ3) is 5.47. The Morgan fingerprint density at radius 3 is 2.36 bits per heavy atom. The van der Waals surface area contributed by atoms with Crippen LogP contribution in [0.3, 0.4) is 0 Å². The van der Waals surface area contributed by atoms with Crippen LogP contribution < -0.4 is 0 Å². The predicted molar refractivity (Wildman–Crippen MR) is 54.1 cm³/mol. The first-order valence-corrected chi connectivity index (χ1v) is 5.19. The highest BCUT2D eigenvalue weighted by molar-refractivity contribution is 14.1. The molecule has 11 heavy (non-hydrogen) atoms. The fourth-order valence-electron chi connectivity index (χ4n) is 0.933. The van der Waals surface area contributed by atoms with Crippen molar-refractivity contribution in [2.45, 2.75) is 37.0 Å². The fraction of sp³-hybridized carbons (Fsp3) is 0.875. The summed E-state index contributed by atoms with van der Waals surface area (Å²) < 4.78 is 0.584. The molecule has 66 valence electrons. The molecule has 0 aliphatic carbocycles. The van der Waals surface area contributed by atoms with Gasteiger partial charge in [-0.2, -0.15) is 0 Å². The lowest BCUT2D eigenvalue weighted by Gasteiger charge is -2.09. The number of rotatable bonds is 5. The average molecular weight is 270 g/mol. The Kier molecular flexibility index (Phi) is 5.91. The summed E-state index contributed by atoms with van der Waals surface area (Å²) in [5.74, 6) is -0.781. The second kappa shape index (κ2) is 5.80. The molecule has 2 unspecified atom stereocenters. The quantitative estimate of drug-likeness (QED) is 0.616. The van der Waals surface area contributed by atoms with Crippen molar-refractivity contribution in [3.05, 3.63) is 0 Å². The van der Waals surface area contributed by atoms with Gasteiger partial charge in [0.2, 0.25) is 0 Å². The zero-order valence-electron chi connectivity index (χ0n) is 7.01. The largest absolute Gasteiger partial charge is 0.481 e. The van der Waals surface area contributed by atoms with Crippen molar-refractivity contribution in [2.75, 3.05) is 0 Å². The number of carboxylic acids is 1. The van der Waals surface area contributed by atoms with Crippen molar-refractivity contribution < 1.29 is 9.90 Å². The molecule has 1 N–H and O–H groups in total. The van der Waals surface area contributed by atoms with E-state index >= 15 is 0 Å². The Bertz CT molecular complexity index is 123. The van der Waals surface area contributed by atoms with E-state index in [0.29, 0.717) is 3.92 Å². The van der Waals surface area contributed by atoms with E-state index in [4.69, 9.17) is 5.11 Å². The first-order valence-electron chi connectivity index (χ1n) is 3.94. The summed E-state index contributed by atoms with van der Waals surface area (Å²) in [6, 6.07) is 0. The number of hydrogen-bond donors (Lipinski definition) is 1. The van der Waals surface area contributed by atoms with Crippen molar-refractivity contribution in [1.82, 2.24) is 0 Å². The smallest absolute Gasteiger partial charge is 0.306 e. The SMILES string of the molecule is CCC(CCC(C)I)C(=O)O. The van der Waals surface area contributed by atoms with Gasteiger partial charge < -0.3 is 5.11 Å². The Balaban J connectivity index is 3.61. The molecule has 2 nitrogen and oxygen atoms in total. The molecule has 0 spiro atoms. The monoisotopic (exact) mass is 270 g/mol. The summed E-state index contributed by atoms with van der Waals surface area (Å²) >= 11 is 2.32. The summed E-state index contributed by atoms with van der Waals surface area (Å²) in [6.07, 6.45) is 2.57. The van der Waals surface area contributed by atoms with Crippen LogP contribution in [0.5, 0.6) is 0 Å². The summed E-state index contributed by atoms with van der Waals surface area (Å²) in [6.45, 7) is 4.03. The molecule has 0 saturated heterocycles. The predicted octanol–water partition coefficient (Wildman–Crippen LogP) is 2.70. The highest BCUT2D eigenvalue weighted by atomic mass is 127. The van der Waals surface area contributed by atoms with Gasteiger partial charge in [0.05, 0.1) is 5.92 Å². The van der Waals surface area contributed by atoms with Crippen molar-refractivity contribution in [1.29, 1.82) is 0 Å². The van der Waals surface area contributed by atoms with Crippen LogP contribution >= 0.6 is 22.6 Å². The van der Waals surface area contributed by atoms with Crippen molar-refractivity contribution in [3.63, 3.8) is 0 Å². The number of aliphatic carboxylic acids is 1. The minimum atomic E-state index is -0.649. The molecule has 0 aliphatic heterocycles. The van der Waals surface area contributed by atoms with Gasteiger partial charge in [0, 0.05) is 3.92 Å². The van der Waals surface area contributed by atoms with E-state index in [1.165, 1.54) is 0 Å². The van der Waals surface area contributed by atoms with E-state index in [0.717, 1.165) is 19.3 Å². The molecule has 0 aliphatic rings. The Hall–Kier alpha value is 0.200. The molecular formula is C8H15IO2. The van der Waals surface area contributed by atoms with Crippen LogP contribution in [0.15, 0.2) is 0 Å². The minimum absolute atomic E-state index is 0.132. The molecule has 0 amide bonds. The summed E-state index contributed by atoms with van der Waals surface area (Å²) in [5, 5.41) is 8.68. The zero-order valence-corrected chi connectivity index (χ0v) is 9.17. The van der Waals surface area contributed by atoms with Crippen molar-refractivity contribution >= 4 is 28.6 Å². The van der Waals surface area contributed by atoms with Crippen LogP contribution in [0.4, 0.5) is 0 Å². The molecule has 3 heteroatoms. The second-order valence-corrected chi connectivity index (χ2v) is 4.93. The van der Waals surface area contributed by atoms with Gasteiger partial charge in [-0.3, -0.25) is 4.79 Å². The number of alkyl halides is 1. The van der Waals surface area contributed by atoms with Crippen LogP contribution in [0, 0.1) is 5.92 Å². The lowest BCUT2D eigenvalue weighted by atomic mass is 10.00. The molecule has 0 aromatic heterocycles. The summed E-state index contributed by atoms with van der Waals surface area (Å²) in [4.78, 5) is 10.5. The third-order valence-electron chi connectivity index (χ3n) is 1.75. The lowest BCUT2D eigenvalue weighted by molar-refractivity contribution is -0.142. The molecule has 0 fully saturated rings. The number of halogens is 1. The summed E-state index contributed by atoms with van der Waals surface area (Å²) in [5.41, 5.74) is 0. The van der Waals surface area contributed by atoms with E-state index in [2.05, 4.69) is 29.5 Å². The van der Waals surface area contributed by atoms with Crippen LogP contribution in [-0.4, -0.2) is 15.0 Å². The van der Waals surface area contributed by atoms with Gasteiger partial charge in [-0.05, 0) is 19.3 Å². The van der Waals surface area contributed by atoms with Gasteiger partial charge in [0.25, 0.3) is 0 Å². The van der Waals surface area contributed by atoms with Gasteiger partial charge in [0.1, 0.15) is 0 Å². The van der Waals surface area contributed by atoms with Gasteiger partial charge in [-0.15, -0.1) is 0 Å². The van der Waals surface area contributed by atoms with E-state index in [-0.39, 0.29) is 5.92 Å². The molecule has 0 aromatic carbocycles. The molecule has 0 saturated carbocycles. The van der Waals surface area contributed by atoms with Crippen LogP contribution in [0.25, 0.3) is 0 Å². The molecule has 0 bridgehead atoms. The standard InChI is InChI=1S/C8H15IO2/c1-3-7(8(10)11)5-4-6(2)9/h6-7H,3-5H2,1-2H3,(H,10,11). The minimum Gasteiger partial charge on any atom is -0.481 e. The molecule has 0 heterocycles. The van der Waals surface area contributed by atoms with Crippen LogP contribution in [0.1, 0.15) is 33.1 Å². The molecular weight excluding hydrogens is 255 g/mol. The highest BCUT2D eigenvalue weighted by Gasteiger charge is 2.14. The van der Waals surface area contributed by atoms with E-state index in [9.17, 15) is 4.79 Å². The summed E-state index contributed by atoms with van der Waals surface area (Å²) in [7, 11) is 0. The first-order chi connectivity index (χ1) is 5.07. The molecule has 0 rings (SSSR count). The molecule has 2 atom stereocenters. The first kappa shape index (κ1) is 11.2. The average Bonchev–Trinajstić information content (AvgIpc) is 1.87. The zero-order chi connectivity index (χ0) is 8.85.